The van der Waals surface area contributed by atoms with Crippen molar-refractivity contribution in [1.82, 2.24) is 14.7 Å². The van der Waals surface area contributed by atoms with Gasteiger partial charge < -0.3 is 4.42 Å². The average molecular weight is 347 g/mol. The number of aryl methyl sites for hydroxylation is 2. The van der Waals surface area contributed by atoms with Gasteiger partial charge in [0.25, 0.3) is 0 Å². The molecule has 26 heavy (non-hydrogen) atoms. The van der Waals surface area contributed by atoms with Crippen molar-refractivity contribution in [2.75, 3.05) is 13.1 Å². The molecule has 0 unspecified atom stereocenters. The predicted octanol–water partition coefficient (Wildman–Crippen LogP) is 4.16. The Morgan fingerprint density at radius 1 is 1.12 bits per heavy atom. The van der Waals surface area contributed by atoms with Crippen molar-refractivity contribution in [2.45, 2.75) is 37.6 Å². The molecule has 2 aromatic heterocycles. The molecule has 3 aromatic rings. The van der Waals surface area contributed by atoms with Crippen LogP contribution in [-0.2, 0) is 25.4 Å². The number of benzene rings is 1. The van der Waals surface area contributed by atoms with Crippen LogP contribution in [0.4, 0.5) is 0 Å². The molecule has 1 spiro atoms. The summed E-state index contributed by atoms with van der Waals surface area (Å²) in [5.74, 6) is 0. The number of likely N-dealkylation sites (tertiary alicyclic amines) is 1. The Hall–Kier alpha value is -2.33. The van der Waals surface area contributed by atoms with E-state index in [2.05, 4.69) is 40.5 Å². The molecular weight excluding hydrogens is 322 g/mol. The van der Waals surface area contributed by atoms with Crippen molar-refractivity contribution in [2.24, 2.45) is 7.05 Å². The Kier molecular flexibility index (Phi) is 3.75. The first-order valence-electron chi connectivity index (χ1n) is 9.58. The van der Waals surface area contributed by atoms with Gasteiger partial charge in [0.15, 0.2) is 0 Å². The fourth-order valence-electron chi connectivity index (χ4n) is 4.88. The molecule has 3 heterocycles. The van der Waals surface area contributed by atoms with Gasteiger partial charge in [0.05, 0.1) is 18.7 Å². The molecular formula is C22H25N3O. The van der Waals surface area contributed by atoms with Crippen molar-refractivity contribution in [3.05, 3.63) is 65.9 Å². The van der Waals surface area contributed by atoms with E-state index < -0.39 is 0 Å². The molecule has 1 aliphatic heterocycles. The van der Waals surface area contributed by atoms with E-state index in [1.165, 1.54) is 55.5 Å². The van der Waals surface area contributed by atoms with Gasteiger partial charge >= 0.3 is 0 Å². The van der Waals surface area contributed by atoms with Crippen molar-refractivity contribution in [3.63, 3.8) is 0 Å². The van der Waals surface area contributed by atoms with E-state index in [0.717, 1.165) is 6.54 Å². The summed E-state index contributed by atoms with van der Waals surface area (Å²) in [7, 11) is 1.99. The molecule has 0 bridgehead atoms. The topological polar surface area (TPSA) is 34.2 Å². The molecule has 0 radical (unpaired) electrons. The van der Waals surface area contributed by atoms with Crippen LogP contribution in [0.5, 0.6) is 0 Å². The van der Waals surface area contributed by atoms with E-state index >= 15 is 0 Å². The van der Waals surface area contributed by atoms with Crippen LogP contribution in [0.3, 0.4) is 0 Å². The summed E-state index contributed by atoms with van der Waals surface area (Å²) in [4.78, 5) is 2.58. The van der Waals surface area contributed by atoms with Gasteiger partial charge in [-0.2, -0.15) is 5.10 Å². The minimum atomic E-state index is 0.376. The van der Waals surface area contributed by atoms with Crippen LogP contribution < -0.4 is 0 Å². The van der Waals surface area contributed by atoms with Gasteiger partial charge in [-0.1, -0.05) is 18.2 Å². The standard InChI is InChI=1S/C22H25N3O/c1-24-14-17(13-23-24)15-25-9-7-22(8-10-25)6-4-18-2-3-19(12-21(18)22)20-5-11-26-16-20/h2-3,5,11-14,16H,4,6-10,15H2,1H3. The molecule has 1 aromatic carbocycles. The molecule has 1 saturated heterocycles. The van der Waals surface area contributed by atoms with Gasteiger partial charge in [0, 0.05) is 30.9 Å². The monoisotopic (exact) mass is 347 g/mol. The minimum absolute atomic E-state index is 0.376. The lowest BCUT2D eigenvalue weighted by atomic mass is 9.73. The Bertz CT molecular complexity index is 901. The second-order valence-electron chi connectivity index (χ2n) is 7.96. The highest BCUT2D eigenvalue weighted by Crippen LogP contribution is 2.47. The lowest BCUT2D eigenvalue weighted by Crippen LogP contribution is -2.41. The van der Waals surface area contributed by atoms with Crippen molar-refractivity contribution in [1.29, 1.82) is 0 Å². The Balaban J connectivity index is 1.35. The number of furan rings is 1. The van der Waals surface area contributed by atoms with Gasteiger partial charge in [-0.3, -0.25) is 9.58 Å². The van der Waals surface area contributed by atoms with Gasteiger partial charge in [-0.25, -0.2) is 0 Å². The quantitative estimate of drug-likeness (QED) is 0.713. The number of aromatic nitrogens is 2. The minimum Gasteiger partial charge on any atom is -0.472 e. The van der Waals surface area contributed by atoms with Gasteiger partial charge in [0.2, 0.25) is 0 Å². The summed E-state index contributed by atoms with van der Waals surface area (Å²) >= 11 is 0. The van der Waals surface area contributed by atoms with E-state index in [1.54, 1.807) is 17.4 Å². The van der Waals surface area contributed by atoms with Crippen LogP contribution in [0, 0.1) is 0 Å². The van der Waals surface area contributed by atoms with Crippen LogP contribution in [0.1, 0.15) is 36.0 Å². The summed E-state index contributed by atoms with van der Waals surface area (Å²) < 4.78 is 7.18. The number of hydrogen-bond donors (Lipinski definition) is 0. The lowest BCUT2D eigenvalue weighted by Gasteiger charge is -2.40. The molecule has 1 fully saturated rings. The maximum absolute atomic E-state index is 5.28. The van der Waals surface area contributed by atoms with E-state index in [9.17, 15) is 0 Å². The number of piperidine rings is 1. The predicted molar refractivity (Wildman–Crippen MR) is 102 cm³/mol. The third-order valence-corrected chi connectivity index (χ3v) is 6.39. The lowest BCUT2D eigenvalue weighted by molar-refractivity contribution is 0.152. The first-order chi connectivity index (χ1) is 12.7. The van der Waals surface area contributed by atoms with Crippen LogP contribution in [0.15, 0.2) is 53.6 Å². The molecule has 0 amide bonds. The van der Waals surface area contributed by atoms with E-state index in [0.29, 0.717) is 5.41 Å². The van der Waals surface area contributed by atoms with Gasteiger partial charge in [-0.15, -0.1) is 0 Å². The Labute approximate surface area is 154 Å². The number of fused-ring (bicyclic) bond motifs is 2. The third kappa shape index (κ3) is 2.69. The maximum Gasteiger partial charge on any atom is 0.0980 e. The van der Waals surface area contributed by atoms with E-state index in [1.807, 2.05) is 24.2 Å². The second kappa shape index (κ2) is 6.13. The molecule has 0 atom stereocenters. The molecule has 4 nitrogen and oxygen atoms in total. The zero-order chi connectivity index (χ0) is 17.6. The molecule has 2 aliphatic rings. The molecule has 4 heteroatoms. The first-order valence-corrected chi connectivity index (χ1v) is 9.58. The summed E-state index contributed by atoms with van der Waals surface area (Å²) in [6.45, 7) is 3.36. The molecule has 0 saturated carbocycles. The zero-order valence-corrected chi connectivity index (χ0v) is 15.3. The molecule has 5 rings (SSSR count). The smallest absolute Gasteiger partial charge is 0.0980 e. The Morgan fingerprint density at radius 2 is 2.00 bits per heavy atom. The van der Waals surface area contributed by atoms with Gasteiger partial charge in [0.1, 0.15) is 0 Å². The van der Waals surface area contributed by atoms with E-state index in [4.69, 9.17) is 4.42 Å². The van der Waals surface area contributed by atoms with Crippen molar-refractivity contribution >= 4 is 0 Å². The maximum atomic E-state index is 5.28. The van der Waals surface area contributed by atoms with E-state index in [-0.39, 0.29) is 0 Å². The highest BCUT2D eigenvalue weighted by molar-refractivity contribution is 5.65. The number of hydrogen-bond acceptors (Lipinski definition) is 3. The second-order valence-corrected chi connectivity index (χ2v) is 7.96. The van der Waals surface area contributed by atoms with Crippen LogP contribution >= 0.6 is 0 Å². The SMILES string of the molecule is Cn1cc(CN2CCC3(CCc4ccc(-c5ccoc5)cc43)CC2)cn1. The summed E-state index contributed by atoms with van der Waals surface area (Å²) in [5, 5.41) is 4.30. The van der Waals surface area contributed by atoms with Gasteiger partial charge in [-0.05, 0) is 66.9 Å². The average Bonchev–Trinajstić information content (AvgIpc) is 3.39. The largest absolute Gasteiger partial charge is 0.472 e. The fourth-order valence-corrected chi connectivity index (χ4v) is 4.88. The highest BCUT2D eigenvalue weighted by Gasteiger charge is 2.41. The third-order valence-electron chi connectivity index (χ3n) is 6.39. The van der Waals surface area contributed by atoms with Crippen LogP contribution in [-0.4, -0.2) is 27.8 Å². The fraction of sp³-hybridized carbons (Fsp3) is 0.409. The number of rotatable bonds is 3. The molecule has 1 aliphatic carbocycles. The highest BCUT2D eigenvalue weighted by atomic mass is 16.3. The number of nitrogens with zero attached hydrogens (tertiary/aromatic N) is 3. The molecule has 0 N–H and O–H groups in total. The normalized spacial score (nSPS) is 19.1. The first kappa shape index (κ1) is 15.9. The van der Waals surface area contributed by atoms with Crippen LogP contribution in [0.25, 0.3) is 11.1 Å². The van der Waals surface area contributed by atoms with Crippen LogP contribution in [0.2, 0.25) is 0 Å². The summed E-state index contributed by atoms with van der Waals surface area (Å²) in [5.41, 5.74) is 7.31. The van der Waals surface area contributed by atoms with Crippen molar-refractivity contribution < 1.29 is 4.42 Å². The summed E-state index contributed by atoms with van der Waals surface area (Å²) in [6.07, 6.45) is 12.8. The zero-order valence-electron chi connectivity index (χ0n) is 15.3. The van der Waals surface area contributed by atoms with Crippen molar-refractivity contribution in [3.8, 4) is 11.1 Å². The molecule has 134 valence electrons. The Morgan fingerprint density at radius 3 is 2.73 bits per heavy atom. The summed E-state index contributed by atoms with van der Waals surface area (Å²) in [6, 6.07) is 9.08.